The van der Waals surface area contributed by atoms with Gasteiger partial charge in [-0.3, -0.25) is 0 Å². The van der Waals surface area contributed by atoms with Crippen molar-refractivity contribution in [3.8, 4) is 0 Å². The Bertz CT molecular complexity index is 285. The first kappa shape index (κ1) is 12.0. The summed E-state index contributed by atoms with van der Waals surface area (Å²) in [6.07, 6.45) is 1.65. The summed E-state index contributed by atoms with van der Waals surface area (Å²) in [5.74, 6) is 0. The van der Waals surface area contributed by atoms with Gasteiger partial charge in [-0.25, -0.2) is 4.79 Å². The molecule has 1 atom stereocenters. The Morgan fingerprint density at radius 1 is 1.60 bits per heavy atom. The van der Waals surface area contributed by atoms with Gasteiger partial charge < -0.3 is 10.1 Å². The Kier molecular flexibility index (Phi) is 5.18. The SMILES string of the molecule is CCCC(NC(=O)OCC)c1cccs1. The Hall–Kier alpha value is -1.03. The number of rotatable bonds is 5. The predicted octanol–water partition coefficient (Wildman–Crippen LogP) is 3.34. The van der Waals surface area contributed by atoms with Crippen LogP contribution in [0.2, 0.25) is 0 Å². The van der Waals surface area contributed by atoms with Gasteiger partial charge in [-0.15, -0.1) is 11.3 Å². The monoisotopic (exact) mass is 227 g/mol. The van der Waals surface area contributed by atoms with Crippen molar-refractivity contribution in [2.75, 3.05) is 6.61 Å². The number of hydrogen-bond acceptors (Lipinski definition) is 3. The van der Waals surface area contributed by atoms with E-state index in [1.807, 2.05) is 17.5 Å². The maximum Gasteiger partial charge on any atom is 0.407 e. The van der Waals surface area contributed by atoms with Crippen molar-refractivity contribution in [2.45, 2.75) is 32.7 Å². The van der Waals surface area contributed by atoms with Crippen LogP contribution in [0, 0.1) is 0 Å². The molecule has 3 nitrogen and oxygen atoms in total. The zero-order valence-electron chi connectivity index (χ0n) is 9.16. The normalized spacial score (nSPS) is 12.1. The van der Waals surface area contributed by atoms with E-state index in [9.17, 15) is 4.79 Å². The van der Waals surface area contributed by atoms with Gasteiger partial charge in [-0.1, -0.05) is 19.4 Å². The summed E-state index contributed by atoms with van der Waals surface area (Å²) in [5.41, 5.74) is 0. The van der Waals surface area contributed by atoms with E-state index in [1.54, 1.807) is 18.3 Å². The quantitative estimate of drug-likeness (QED) is 0.837. The molecule has 1 N–H and O–H groups in total. The van der Waals surface area contributed by atoms with Crippen molar-refractivity contribution in [3.05, 3.63) is 22.4 Å². The first-order valence-electron chi connectivity index (χ1n) is 5.24. The molecule has 4 heteroatoms. The second-order valence-electron chi connectivity index (χ2n) is 3.22. The fraction of sp³-hybridized carbons (Fsp3) is 0.545. The highest BCUT2D eigenvalue weighted by molar-refractivity contribution is 7.10. The molecule has 0 saturated carbocycles. The van der Waals surface area contributed by atoms with Crippen LogP contribution in [0.1, 0.15) is 37.6 Å². The van der Waals surface area contributed by atoms with Gasteiger partial charge in [0.05, 0.1) is 12.6 Å². The van der Waals surface area contributed by atoms with E-state index in [0.29, 0.717) is 6.61 Å². The maximum absolute atomic E-state index is 11.3. The molecule has 84 valence electrons. The first-order valence-corrected chi connectivity index (χ1v) is 6.12. The Labute approximate surface area is 94.5 Å². The molecule has 1 amide bonds. The van der Waals surface area contributed by atoms with Crippen LogP contribution < -0.4 is 5.32 Å². The standard InChI is InChI=1S/C11H17NO2S/c1-3-6-9(10-7-5-8-15-10)12-11(13)14-4-2/h5,7-9H,3-4,6H2,1-2H3,(H,12,13). The van der Waals surface area contributed by atoms with E-state index in [2.05, 4.69) is 12.2 Å². The van der Waals surface area contributed by atoms with Crippen molar-refractivity contribution in [1.29, 1.82) is 0 Å². The van der Waals surface area contributed by atoms with Crippen molar-refractivity contribution >= 4 is 17.4 Å². The molecule has 0 aliphatic rings. The van der Waals surface area contributed by atoms with E-state index in [4.69, 9.17) is 4.74 Å². The molecule has 1 heterocycles. The summed E-state index contributed by atoms with van der Waals surface area (Å²) in [6, 6.07) is 4.13. The second kappa shape index (κ2) is 6.45. The average Bonchev–Trinajstić information content (AvgIpc) is 2.70. The first-order chi connectivity index (χ1) is 7.27. The van der Waals surface area contributed by atoms with Gasteiger partial charge >= 0.3 is 6.09 Å². The number of nitrogens with one attached hydrogen (secondary N) is 1. The van der Waals surface area contributed by atoms with Gasteiger partial charge in [0.2, 0.25) is 0 Å². The Morgan fingerprint density at radius 3 is 2.93 bits per heavy atom. The number of amides is 1. The fourth-order valence-electron chi connectivity index (χ4n) is 1.38. The zero-order valence-corrected chi connectivity index (χ0v) is 9.97. The highest BCUT2D eigenvalue weighted by atomic mass is 32.1. The summed E-state index contributed by atoms with van der Waals surface area (Å²) in [7, 11) is 0. The minimum absolute atomic E-state index is 0.0917. The van der Waals surface area contributed by atoms with Gasteiger partial charge in [-0.2, -0.15) is 0 Å². The fourth-order valence-corrected chi connectivity index (χ4v) is 2.19. The third-order valence-corrected chi connectivity index (χ3v) is 3.02. The van der Waals surface area contributed by atoms with Gasteiger partial charge in [0.1, 0.15) is 0 Å². The number of alkyl carbamates (subject to hydrolysis) is 1. The van der Waals surface area contributed by atoms with E-state index < -0.39 is 0 Å². The highest BCUT2D eigenvalue weighted by Crippen LogP contribution is 2.23. The molecule has 0 spiro atoms. The summed E-state index contributed by atoms with van der Waals surface area (Å²) < 4.78 is 4.87. The molecule has 0 bridgehead atoms. The number of carbonyl (C=O) groups excluding carboxylic acids is 1. The molecule has 1 rings (SSSR count). The average molecular weight is 227 g/mol. The number of hydrogen-bond donors (Lipinski definition) is 1. The van der Waals surface area contributed by atoms with Gasteiger partial charge in [-0.05, 0) is 24.8 Å². The molecule has 0 fully saturated rings. The Morgan fingerprint density at radius 2 is 2.40 bits per heavy atom. The largest absolute Gasteiger partial charge is 0.450 e. The van der Waals surface area contributed by atoms with Gasteiger partial charge in [0, 0.05) is 4.88 Å². The van der Waals surface area contributed by atoms with E-state index in [-0.39, 0.29) is 12.1 Å². The summed E-state index contributed by atoms with van der Waals surface area (Å²) >= 11 is 1.66. The topological polar surface area (TPSA) is 38.3 Å². The zero-order chi connectivity index (χ0) is 11.1. The van der Waals surface area contributed by atoms with E-state index in [1.165, 1.54) is 4.88 Å². The predicted molar refractivity (Wildman–Crippen MR) is 62.1 cm³/mol. The lowest BCUT2D eigenvalue weighted by atomic mass is 10.1. The minimum atomic E-state index is -0.329. The molecule has 0 saturated heterocycles. The van der Waals surface area contributed by atoms with Crippen molar-refractivity contribution < 1.29 is 9.53 Å². The minimum Gasteiger partial charge on any atom is -0.450 e. The van der Waals surface area contributed by atoms with Crippen molar-refractivity contribution in [2.24, 2.45) is 0 Å². The Balaban J connectivity index is 2.55. The molecule has 1 unspecified atom stereocenters. The lowest BCUT2D eigenvalue weighted by molar-refractivity contribution is 0.147. The van der Waals surface area contributed by atoms with Crippen molar-refractivity contribution in [1.82, 2.24) is 5.32 Å². The molecule has 0 aliphatic carbocycles. The molecule has 1 aromatic heterocycles. The van der Waals surface area contributed by atoms with E-state index in [0.717, 1.165) is 12.8 Å². The summed E-state index contributed by atoms with van der Waals surface area (Å²) in [6.45, 7) is 4.32. The molecular weight excluding hydrogens is 210 g/mol. The third kappa shape index (κ3) is 3.91. The smallest absolute Gasteiger partial charge is 0.407 e. The summed E-state index contributed by atoms with van der Waals surface area (Å²) in [4.78, 5) is 12.5. The van der Waals surface area contributed by atoms with E-state index >= 15 is 0 Å². The van der Waals surface area contributed by atoms with Crippen LogP contribution in [-0.2, 0) is 4.74 Å². The third-order valence-electron chi connectivity index (χ3n) is 2.03. The molecule has 1 aromatic rings. The number of ether oxygens (including phenoxy) is 1. The molecule has 0 aromatic carbocycles. The second-order valence-corrected chi connectivity index (χ2v) is 4.20. The molecule has 0 radical (unpaired) electrons. The summed E-state index contributed by atoms with van der Waals surface area (Å²) in [5, 5.41) is 4.89. The van der Waals surface area contributed by atoms with Crippen LogP contribution in [0.5, 0.6) is 0 Å². The molecule has 0 aliphatic heterocycles. The maximum atomic E-state index is 11.3. The van der Waals surface area contributed by atoms with Crippen LogP contribution in [0.4, 0.5) is 4.79 Å². The lowest BCUT2D eigenvalue weighted by Crippen LogP contribution is -2.28. The van der Waals surface area contributed by atoms with Crippen LogP contribution in [-0.4, -0.2) is 12.7 Å². The lowest BCUT2D eigenvalue weighted by Gasteiger charge is -2.16. The number of carbonyl (C=O) groups is 1. The van der Waals surface area contributed by atoms with Crippen LogP contribution in [0.15, 0.2) is 17.5 Å². The molecular formula is C11H17NO2S. The van der Waals surface area contributed by atoms with Crippen LogP contribution in [0.3, 0.4) is 0 Å². The highest BCUT2D eigenvalue weighted by Gasteiger charge is 2.14. The van der Waals surface area contributed by atoms with Gasteiger partial charge in [0.25, 0.3) is 0 Å². The van der Waals surface area contributed by atoms with Crippen LogP contribution in [0.25, 0.3) is 0 Å². The number of thiophene rings is 1. The van der Waals surface area contributed by atoms with Gasteiger partial charge in [0.15, 0.2) is 0 Å². The van der Waals surface area contributed by atoms with Crippen molar-refractivity contribution in [3.63, 3.8) is 0 Å². The van der Waals surface area contributed by atoms with Crippen LogP contribution >= 0.6 is 11.3 Å². The molecule has 15 heavy (non-hydrogen) atoms.